The highest BCUT2D eigenvalue weighted by Gasteiger charge is 2.22. The Hall–Kier alpha value is -2.21. The molecule has 0 aromatic carbocycles. The smallest absolute Gasteiger partial charge is 0.225 e. The predicted molar refractivity (Wildman–Crippen MR) is 93.5 cm³/mol. The number of hydrogen-bond donors (Lipinski definition) is 1. The van der Waals surface area contributed by atoms with Crippen LogP contribution in [0.1, 0.15) is 32.1 Å². The lowest BCUT2D eigenvalue weighted by Gasteiger charge is -2.35. The van der Waals surface area contributed by atoms with Crippen molar-refractivity contribution >= 4 is 11.6 Å². The fraction of sp³-hybridized carbons (Fsp3) is 0.500. The Kier molecular flexibility index (Phi) is 5.96. The third kappa shape index (κ3) is 4.89. The van der Waals surface area contributed by atoms with Crippen molar-refractivity contribution in [2.75, 3.05) is 18.4 Å². The molecule has 0 aliphatic carbocycles. The maximum Gasteiger partial charge on any atom is 0.225 e. The van der Waals surface area contributed by atoms with Gasteiger partial charge in [0.05, 0.1) is 11.9 Å². The van der Waals surface area contributed by atoms with Gasteiger partial charge in [0.25, 0.3) is 0 Å². The average Bonchev–Trinajstić information content (AvgIpc) is 3.13. The van der Waals surface area contributed by atoms with E-state index >= 15 is 0 Å². The molecule has 0 radical (unpaired) electrons. The van der Waals surface area contributed by atoms with E-state index in [0.717, 1.165) is 31.7 Å². The molecule has 1 N–H and O–H groups in total. The van der Waals surface area contributed by atoms with E-state index in [1.54, 1.807) is 12.4 Å². The third-order valence-electron chi connectivity index (χ3n) is 4.57. The molecule has 6 heteroatoms. The first kappa shape index (κ1) is 16.6. The van der Waals surface area contributed by atoms with Crippen LogP contribution in [0.4, 0.5) is 5.69 Å². The number of carbonyl (C=O) groups excluding carboxylic acids is 1. The molecule has 0 unspecified atom stereocenters. The number of nitrogens with one attached hydrogen (secondary N) is 1. The summed E-state index contributed by atoms with van der Waals surface area (Å²) in [6.07, 6.45) is 12.5. The summed E-state index contributed by atoms with van der Waals surface area (Å²) in [6.45, 7) is 2.84. The average molecular weight is 327 g/mol. The lowest BCUT2D eigenvalue weighted by atomic mass is 9.99. The largest absolute Gasteiger partial charge is 0.325 e. The van der Waals surface area contributed by atoms with Crippen LogP contribution in [0.25, 0.3) is 0 Å². The van der Waals surface area contributed by atoms with E-state index in [4.69, 9.17) is 0 Å². The molecule has 6 nitrogen and oxygen atoms in total. The van der Waals surface area contributed by atoms with Crippen LogP contribution < -0.4 is 5.32 Å². The van der Waals surface area contributed by atoms with Gasteiger partial charge in [0.2, 0.25) is 5.91 Å². The number of carbonyl (C=O) groups is 1. The van der Waals surface area contributed by atoms with Gasteiger partial charge in [-0.05, 0) is 44.0 Å². The molecule has 24 heavy (non-hydrogen) atoms. The molecule has 3 rings (SSSR count). The highest BCUT2D eigenvalue weighted by Crippen LogP contribution is 2.20. The van der Waals surface area contributed by atoms with Gasteiger partial charge in [0, 0.05) is 44.1 Å². The molecule has 1 aliphatic heterocycles. The summed E-state index contributed by atoms with van der Waals surface area (Å²) >= 11 is 0. The molecule has 2 aromatic rings. The molecule has 2 aromatic heterocycles. The van der Waals surface area contributed by atoms with Gasteiger partial charge < -0.3 is 5.32 Å². The molecule has 0 saturated carbocycles. The van der Waals surface area contributed by atoms with Gasteiger partial charge in [-0.2, -0.15) is 5.10 Å². The number of aryl methyl sites for hydroxylation is 1. The van der Waals surface area contributed by atoms with Gasteiger partial charge in [0.15, 0.2) is 0 Å². The molecule has 128 valence electrons. The zero-order valence-corrected chi connectivity index (χ0v) is 14.0. The number of likely N-dealkylation sites (tertiary alicyclic amines) is 1. The van der Waals surface area contributed by atoms with E-state index in [-0.39, 0.29) is 5.91 Å². The van der Waals surface area contributed by atoms with E-state index < -0.39 is 0 Å². The zero-order valence-electron chi connectivity index (χ0n) is 14.0. The maximum absolute atomic E-state index is 12.1. The second kappa shape index (κ2) is 8.59. The van der Waals surface area contributed by atoms with Gasteiger partial charge in [-0.3, -0.25) is 19.4 Å². The Morgan fingerprint density at radius 2 is 2.21 bits per heavy atom. The quantitative estimate of drug-likeness (QED) is 0.849. The van der Waals surface area contributed by atoms with Gasteiger partial charge in [-0.25, -0.2) is 0 Å². The van der Waals surface area contributed by atoms with E-state index in [0.29, 0.717) is 12.5 Å². The maximum atomic E-state index is 12.1. The van der Waals surface area contributed by atoms with E-state index in [2.05, 4.69) is 20.3 Å². The highest BCUT2D eigenvalue weighted by molar-refractivity contribution is 5.90. The summed E-state index contributed by atoms with van der Waals surface area (Å²) in [5, 5.41) is 7.18. The fourth-order valence-electron chi connectivity index (χ4n) is 3.30. The van der Waals surface area contributed by atoms with Gasteiger partial charge >= 0.3 is 0 Å². The van der Waals surface area contributed by atoms with Gasteiger partial charge in [-0.15, -0.1) is 0 Å². The minimum Gasteiger partial charge on any atom is -0.325 e. The van der Waals surface area contributed by atoms with Crippen LogP contribution >= 0.6 is 0 Å². The van der Waals surface area contributed by atoms with E-state index in [1.807, 2.05) is 35.3 Å². The number of anilines is 1. The molecule has 3 heterocycles. The first-order valence-corrected chi connectivity index (χ1v) is 8.72. The normalized spacial score (nSPS) is 18.4. The SMILES string of the molecule is O=C(CCN1CCCC[C@@H]1CCn1cccn1)Nc1cccnc1. The molecule has 1 aliphatic rings. The topological polar surface area (TPSA) is 63.1 Å². The van der Waals surface area contributed by atoms with Crippen LogP contribution in [0.5, 0.6) is 0 Å². The summed E-state index contributed by atoms with van der Waals surface area (Å²) in [6, 6.07) is 6.19. The number of pyridine rings is 1. The second-order valence-corrected chi connectivity index (χ2v) is 6.28. The number of rotatable bonds is 7. The number of nitrogens with zero attached hydrogens (tertiary/aromatic N) is 4. The number of hydrogen-bond acceptors (Lipinski definition) is 4. The second-order valence-electron chi connectivity index (χ2n) is 6.28. The lowest BCUT2D eigenvalue weighted by molar-refractivity contribution is -0.116. The van der Waals surface area contributed by atoms with Crippen molar-refractivity contribution in [3.05, 3.63) is 43.0 Å². The summed E-state index contributed by atoms with van der Waals surface area (Å²) in [4.78, 5) is 18.6. The monoisotopic (exact) mass is 327 g/mol. The summed E-state index contributed by atoms with van der Waals surface area (Å²) < 4.78 is 1.99. The van der Waals surface area contributed by atoms with Crippen LogP contribution in [-0.2, 0) is 11.3 Å². The molecular formula is C18H25N5O. The molecule has 1 amide bonds. The van der Waals surface area contributed by atoms with Gasteiger partial charge in [0.1, 0.15) is 0 Å². The van der Waals surface area contributed by atoms with Crippen molar-refractivity contribution in [1.29, 1.82) is 0 Å². The summed E-state index contributed by atoms with van der Waals surface area (Å²) in [5.74, 6) is 0.0550. The predicted octanol–water partition coefficient (Wildman–Crippen LogP) is 2.55. The Balaban J connectivity index is 1.45. The summed E-state index contributed by atoms with van der Waals surface area (Å²) in [5.41, 5.74) is 0.761. The Bertz CT molecular complexity index is 614. The first-order valence-electron chi connectivity index (χ1n) is 8.72. The zero-order chi connectivity index (χ0) is 16.6. The van der Waals surface area contributed by atoms with Gasteiger partial charge in [-0.1, -0.05) is 6.42 Å². The van der Waals surface area contributed by atoms with Crippen LogP contribution in [0.3, 0.4) is 0 Å². The Morgan fingerprint density at radius 3 is 3.00 bits per heavy atom. The van der Waals surface area contributed by atoms with Crippen LogP contribution in [0.15, 0.2) is 43.0 Å². The minimum atomic E-state index is 0.0550. The Morgan fingerprint density at radius 1 is 1.25 bits per heavy atom. The first-order chi connectivity index (χ1) is 11.8. The van der Waals surface area contributed by atoms with E-state index in [9.17, 15) is 4.79 Å². The van der Waals surface area contributed by atoms with Crippen molar-refractivity contribution in [2.45, 2.75) is 44.7 Å². The Labute approximate surface area is 142 Å². The van der Waals surface area contributed by atoms with Crippen molar-refractivity contribution in [3.8, 4) is 0 Å². The van der Waals surface area contributed by atoms with Crippen molar-refractivity contribution in [1.82, 2.24) is 19.7 Å². The standard InChI is InChI=1S/C18H25N5O/c24-18(21-16-5-3-9-19-15-16)8-13-22-11-2-1-6-17(22)7-14-23-12-4-10-20-23/h3-5,9-10,12,15,17H,1-2,6-8,11,13-14H2,(H,21,24)/t17-/m1/s1. The summed E-state index contributed by atoms with van der Waals surface area (Å²) in [7, 11) is 0. The van der Waals surface area contributed by atoms with Crippen LogP contribution in [0, 0.1) is 0 Å². The molecule has 0 spiro atoms. The highest BCUT2D eigenvalue weighted by atomic mass is 16.1. The van der Waals surface area contributed by atoms with Crippen molar-refractivity contribution in [3.63, 3.8) is 0 Å². The lowest BCUT2D eigenvalue weighted by Crippen LogP contribution is -2.41. The fourth-order valence-corrected chi connectivity index (χ4v) is 3.30. The van der Waals surface area contributed by atoms with Crippen molar-refractivity contribution < 1.29 is 4.79 Å². The molecule has 1 saturated heterocycles. The van der Waals surface area contributed by atoms with Crippen molar-refractivity contribution in [2.24, 2.45) is 0 Å². The minimum absolute atomic E-state index is 0.0550. The number of piperidine rings is 1. The molecule has 1 fully saturated rings. The van der Waals surface area contributed by atoms with Crippen LogP contribution in [-0.4, -0.2) is 44.7 Å². The van der Waals surface area contributed by atoms with Crippen LogP contribution in [0.2, 0.25) is 0 Å². The molecule has 1 atom stereocenters. The molecule has 0 bridgehead atoms. The third-order valence-corrected chi connectivity index (χ3v) is 4.57. The van der Waals surface area contributed by atoms with E-state index in [1.165, 1.54) is 19.3 Å². The molecular weight excluding hydrogens is 302 g/mol. The number of amides is 1. The number of aromatic nitrogens is 3.